The number of piperazine rings is 1. The van der Waals surface area contributed by atoms with Crippen molar-refractivity contribution in [1.29, 1.82) is 0 Å². The van der Waals surface area contributed by atoms with E-state index in [4.69, 9.17) is 0 Å². The summed E-state index contributed by atoms with van der Waals surface area (Å²) in [5.41, 5.74) is 1.86. The van der Waals surface area contributed by atoms with Gasteiger partial charge in [0, 0.05) is 63.6 Å². The second kappa shape index (κ2) is 9.82. The maximum Gasteiger partial charge on any atom is 0.319 e. The maximum absolute atomic E-state index is 11.9. The van der Waals surface area contributed by atoms with Gasteiger partial charge in [0.2, 0.25) is 0 Å². The molecule has 2 aromatic rings. The van der Waals surface area contributed by atoms with Gasteiger partial charge in [-0.25, -0.2) is 4.79 Å². The maximum atomic E-state index is 11.9. The third kappa shape index (κ3) is 6.04. The van der Waals surface area contributed by atoms with Gasteiger partial charge in [-0.05, 0) is 17.7 Å². The predicted molar refractivity (Wildman–Crippen MR) is 108 cm³/mol. The summed E-state index contributed by atoms with van der Waals surface area (Å²) < 4.78 is 0. The molecule has 0 saturated carbocycles. The molecule has 1 saturated heterocycles. The monoisotopic (exact) mass is 383 g/mol. The number of benzene rings is 2. The fourth-order valence-corrected chi connectivity index (χ4v) is 3.18. The molecule has 0 aromatic heterocycles. The summed E-state index contributed by atoms with van der Waals surface area (Å²) in [6.07, 6.45) is 0. The molecule has 28 heavy (non-hydrogen) atoms. The number of nitro benzene ring substituents is 1. The van der Waals surface area contributed by atoms with Crippen molar-refractivity contribution in [3.63, 3.8) is 0 Å². The van der Waals surface area contributed by atoms with E-state index in [-0.39, 0.29) is 11.7 Å². The van der Waals surface area contributed by atoms with Crippen molar-refractivity contribution in [3.05, 3.63) is 70.3 Å². The minimum absolute atomic E-state index is 0.00244. The van der Waals surface area contributed by atoms with Crippen LogP contribution in [0.2, 0.25) is 0 Å². The SMILES string of the molecule is O=C(NCCN1CCN(Cc2ccccc2)CC1)Nc1ccc([N+](=O)[O-])cc1. The molecular weight excluding hydrogens is 358 g/mol. The Morgan fingerprint density at radius 3 is 2.25 bits per heavy atom. The summed E-state index contributed by atoms with van der Waals surface area (Å²) in [4.78, 5) is 26.9. The van der Waals surface area contributed by atoms with Crippen molar-refractivity contribution in [1.82, 2.24) is 15.1 Å². The van der Waals surface area contributed by atoms with Crippen molar-refractivity contribution < 1.29 is 9.72 Å². The van der Waals surface area contributed by atoms with E-state index in [2.05, 4.69) is 44.7 Å². The van der Waals surface area contributed by atoms with Crippen molar-refractivity contribution in [2.75, 3.05) is 44.6 Å². The van der Waals surface area contributed by atoms with Gasteiger partial charge in [-0.3, -0.25) is 19.9 Å². The van der Waals surface area contributed by atoms with Gasteiger partial charge in [-0.1, -0.05) is 30.3 Å². The third-order valence-electron chi connectivity index (χ3n) is 4.76. The molecule has 2 N–H and O–H groups in total. The number of anilines is 1. The molecule has 0 atom stereocenters. The molecule has 3 rings (SSSR count). The van der Waals surface area contributed by atoms with Crippen LogP contribution in [-0.4, -0.2) is 60.0 Å². The lowest BCUT2D eigenvalue weighted by Crippen LogP contribution is -2.48. The van der Waals surface area contributed by atoms with Crippen LogP contribution in [0.15, 0.2) is 54.6 Å². The minimum atomic E-state index is -0.469. The first kappa shape index (κ1) is 19.8. The molecule has 8 nitrogen and oxygen atoms in total. The summed E-state index contributed by atoms with van der Waals surface area (Å²) >= 11 is 0. The summed E-state index contributed by atoms with van der Waals surface area (Å²) in [6, 6.07) is 15.9. The number of rotatable bonds is 7. The number of carbonyl (C=O) groups is 1. The number of nitrogens with zero attached hydrogens (tertiary/aromatic N) is 3. The molecule has 1 aliphatic rings. The van der Waals surface area contributed by atoms with Gasteiger partial charge >= 0.3 is 6.03 Å². The van der Waals surface area contributed by atoms with Crippen LogP contribution in [0.3, 0.4) is 0 Å². The van der Waals surface area contributed by atoms with Crippen molar-refractivity contribution in [3.8, 4) is 0 Å². The van der Waals surface area contributed by atoms with Gasteiger partial charge in [0.25, 0.3) is 5.69 Å². The number of non-ortho nitro benzene ring substituents is 1. The first-order chi connectivity index (χ1) is 13.6. The highest BCUT2D eigenvalue weighted by molar-refractivity contribution is 5.89. The van der Waals surface area contributed by atoms with E-state index in [1.807, 2.05) is 6.07 Å². The summed E-state index contributed by atoms with van der Waals surface area (Å²) in [6.45, 7) is 6.33. The van der Waals surface area contributed by atoms with Crippen LogP contribution in [0.1, 0.15) is 5.56 Å². The second-order valence-corrected chi connectivity index (χ2v) is 6.79. The van der Waals surface area contributed by atoms with Gasteiger partial charge in [0.15, 0.2) is 0 Å². The lowest BCUT2D eigenvalue weighted by atomic mass is 10.2. The van der Waals surface area contributed by atoms with Crippen molar-refractivity contribution >= 4 is 17.4 Å². The molecule has 148 valence electrons. The van der Waals surface area contributed by atoms with E-state index in [9.17, 15) is 14.9 Å². The first-order valence-corrected chi connectivity index (χ1v) is 9.38. The molecule has 0 radical (unpaired) electrons. The van der Waals surface area contributed by atoms with E-state index in [1.165, 1.54) is 29.8 Å². The molecule has 1 fully saturated rings. The largest absolute Gasteiger partial charge is 0.337 e. The fraction of sp³-hybridized carbons (Fsp3) is 0.350. The number of urea groups is 1. The minimum Gasteiger partial charge on any atom is -0.337 e. The predicted octanol–water partition coefficient (Wildman–Crippen LogP) is 2.53. The third-order valence-corrected chi connectivity index (χ3v) is 4.76. The average molecular weight is 383 g/mol. The van der Waals surface area contributed by atoms with Crippen LogP contribution in [0.25, 0.3) is 0 Å². The number of hydrogen-bond acceptors (Lipinski definition) is 5. The Balaban J connectivity index is 1.32. The zero-order valence-corrected chi connectivity index (χ0v) is 15.7. The summed E-state index contributed by atoms with van der Waals surface area (Å²) in [5.74, 6) is 0. The topological polar surface area (TPSA) is 90.8 Å². The lowest BCUT2D eigenvalue weighted by Gasteiger charge is -2.34. The lowest BCUT2D eigenvalue weighted by molar-refractivity contribution is -0.384. The highest BCUT2D eigenvalue weighted by atomic mass is 16.6. The Morgan fingerprint density at radius 2 is 1.61 bits per heavy atom. The molecule has 1 aliphatic heterocycles. The van der Waals surface area contributed by atoms with Crippen LogP contribution in [0, 0.1) is 10.1 Å². The van der Waals surface area contributed by atoms with Crippen LogP contribution < -0.4 is 10.6 Å². The highest BCUT2D eigenvalue weighted by Crippen LogP contribution is 2.15. The Kier molecular flexibility index (Phi) is 6.94. The van der Waals surface area contributed by atoms with Crippen LogP contribution >= 0.6 is 0 Å². The number of hydrogen-bond donors (Lipinski definition) is 2. The van der Waals surface area contributed by atoms with E-state index in [1.54, 1.807) is 0 Å². The van der Waals surface area contributed by atoms with E-state index >= 15 is 0 Å². The van der Waals surface area contributed by atoms with Gasteiger partial charge in [-0.2, -0.15) is 0 Å². The number of nitrogens with one attached hydrogen (secondary N) is 2. The molecule has 0 unspecified atom stereocenters. The molecule has 8 heteroatoms. The van der Waals surface area contributed by atoms with E-state index in [0.29, 0.717) is 12.2 Å². The molecule has 2 aromatic carbocycles. The molecule has 0 bridgehead atoms. The normalized spacial score (nSPS) is 15.1. The van der Waals surface area contributed by atoms with Crippen LogP contribution in [0.5, 0.6) is 0 Å². The second-order valence-electron chi connectivity index (χ2n) is 6.79. The Hall–Kier alpha value is -2.97. The molecular formula is C20H25N5O3. The van der Waals surface area contributed by atoms with Crippen molar-refractivity contribution in [2.45, 2.75) is 6.54 Å². The summed E-state index contributed by atoms with van der Waals surface area (Å²) in [7, 11) is 0. The van der Waals surface area contributed by atoms with Gasteiger partial charge < -0.3 is 10.6 Å². The van der Waals surface area contributed by atoms with Gasteiger partial charge in [0.05, 0.1) is 4.92 Å². The standard InChI is InChI=1S/C20H25N5O3/c26-20(22-18-6-8-19(9-7-18)25(27)28)21-10-11-23-12-14-24(15-13-23)16-17-4-2-1-3-5-17/h1-9H,10-16H2,(H2,21,22,26). The fourth-order valence-electron chi connectivity index (χ4n) is 3.18. The van der Waals surface area contributed by atoms with E-state index in [0.717, 1.165) is 39.3 Å². The van der Waals surface area contributed by atoms with Crippen LogP contribution in [0.4, 0.5) is 16.2 Å². The molecule has 0 spiro atoms. The number of amides is 2. The Labute approximate surface area is 164 Å². The zero-order chi connectivity index (χ0) is 19.8. The molecule has 1 heterocycles. The number of nitro groups is 1. The smallest absolute Gasteiger partial charge is 0.319 e. The molecule has 2 amide bonds. The quantitative estimate of drug-likeness (QED) is 0.566. The highest BCUT2D eigenvalue weighted by Gasteiger charge is 2.16. The first-order valence-electron chi connectivity index (χ1n) is 9.38. The summed E-state index contributed by atoms with van der Waals surface area (Å²) in [5, 5.41) is 16.1. The number of carbonyl (C=O) groups excluding carboxylic acids is 1. The Bertz CT molecular complexity index is 774. The van der Waals surface area contributed by atoms with Gasteiger partial charge in [-0.15, -0.1) is 0 Å². The van der Waals surface area contributed by atoms with Crippen LogP contribution in [-0.2, 0) is 6.54 Å². The molecule has 0 aliphatic carbocycles. The average Bonchev–Trinajstić information content (AvgIpc) is 2.70. The van der Waals surface area contributed by atoms with Crippen molar-refractivity contribution in [2.24, 2.45) is 0 Å². The van der Waals surface area contributed by atoms with Gasteiger partial charge in [0.1, 0.15) is 0 Å². The zero-order valence-electron chi connectivity index (χ0n) is 15.7. The Morgan fingerprint density at radius 1 is 0.964 bits per heavy atom. The van der Waals surface area contributed by atoms with E-state index < -0.39 is 4.92 Å².